The monoisotopic (exact) mass is 319 g/mol. The molecule has 0 radical (unpaired) electrons. The number of rotatable bonds is 4. The van der Waals surface area contributed by atoms with E-state index in [0.29, 0.717) is 38.4 Å². The van der Waals surface area contributed by atoms with Gasteiger partial charge in [-0.1, -0.05) is 0 Å². The number of carbonyl (C=O) groups excluding carboxylic acids is 1. The first-order valence-electron chi connectivity index (χ1n) is 7.29. The van der Waals surface area contributed by atoms with Gasteiger partial charge in [-0.05, 0) is 25.8 Å². The van der Waals surface area contributed by atoms with Crippen molar-refractivity contribution in [3.05, 3.63) is 27.9 Å². The van der Waals surface area contributed by atoms with Gasteiger partial charge in [0.1, 0.15) is 11.9 Å². The highest BCUT2D eigenvalue weighted by Gasteiger charge is 2.24. The van der Waals surface area contributed by atoms with E-state index in [0.717, 1.165) is 0 Å². The van der Waals surface area contributed by atoms with Crippen LogP contribution in [0, 0.1) is 21.4 Å². The van der Waals surface area contributed by atoms with Crippen molar-refractivity contribution in [2.75, 3.05) is 25.0 Å². The van der Waals surface area contributed by atoms with Gasteiger partial charge < -0.3 is 15.0 Å². The molecular formula is C14H17N5O4. The van der Waals surface area contributed by atoms with Gasteiger partial charge in [-0.2, -0.15) is 5.26 Å². The van der Waals surface area contributed by atoms with E-state index in [1.165, 1.54) is 12.1 Å². The van der Waals surface area contributed by atoms with Crippen molar-refractivity contribution in [3.8, 4) is 6.07 Å². The van der Waals surface area contributed by atoms with Crippen LogP contribution in [0.5, 0.6) is 0 Å². The summed E-state index contributed by atoms with van der Waals surface area (Å²) in [5.41, 5.74) is -0.529. The quantitative estimate of drug-likeness (QED) is 0.664. The third kappa shape index (κ3) is 4.06. The predicted molar refractivity (Wildman–Crippen MR) is 80.8 cm³/mol. The van der Waals surface area contributed by atoms with Crippen molar-refractivity contribution in [3.63, 3.8) is 0 Å². The highest BCUT2D eigenvalue weighted by molar-refractivity contribution is 5.67. The van der Waals surface area contributed by atoms with Crippen molar-refractivity contribution in [1.29, 1.82) is 5.26 Å². The molecule has 0 aromatic carbocycles. The summed E-state index contributed by atoms with van der Waals surface area (Å²) in [4.78, 5) is 27.4. The van der Waals surface area contributed by atoms with Crippen LogP contribution in [0.1, 0.15) is 25.5 Å². The number of hydrogen-bond donors (Lipinski definition) is 1. The zero-order valence-corrected chi connectivity index (χ0v) is 12.7. The Morgan fingerprint density at radius 2 is 2.26 bits per heavy atom. The molecule has 2 heterocycles. The number of carbonyl (C=O) groups is 1. The average Bonchev–Trinajstić information content (AvgIpc) is 2.55. The lowest BCUT2D eigenvalue weighted by Gasteiger charge is -2.31. The van der Waals surface area contributed by atoms with Gasteiger partial charge in [-0.25, -0.2) is 9.78 Å². The number of pyridine rings is 1. The molecule has 0 saturated carbocycles. The van der Waals surface area contributed by atoms with E-state index < -0.39 is 4.92 Å². The smallest absolute Gasteiger partial charge is 0.409 e. The normalized spacial score (nSPS) is 14.9. The fraction of sp³-hybridized carbons (Fsp3) is 0.500. The highest BCUT2D eigenvalue weighted by atomic mass is 16.6. The van der Waals surface area contributed by atoms with Gasteiger partial charge in [0, 0.05) is 25.2 Å². The average molecular weight is 319 g/mol. The number of hydrogen-bond acceptors (Lipinski definition) is 7. The molecule has 1 aromatic rings. The van der Waals surface area contributed by atoms with Crippen LogP contribution < -0.4 is 5.32 Å². The second-order valence-corrected chi connectivity index (χ2v) is 5.04. The van der Waals surface area contributed by atoms with E-state index in [-0.39, 0.29) is 23.5 Å². The number of ether oxygens (including phenoxy) is 1. The second kappa shape index (κ2) is 7.40. The predicted octanol–water partition coefficient (Wildman–Crippen LogP) is 1.89. The van der Waals surface area contributed by atoms with Crippen LogP contribution in [0.15, 0.2) is 12.1 Å². The number of likely N-dealkylation sites (tertiary alicyclic amines) is 1. The Kier molecular flexibility index (Phi) is 5.30. The molecule has 1 fully saturated rings. The maximum absolute atomic E-state index is 11.6. The van der Waals surface area contributed by atoms with Crippen molar-refractivity contribution in [1.82, 2.24) is 9.88 Å². The summed E-state index contributed by atoms with van der Waals surface area (Å²) in [5.74, 6) is 0.418. The van der Waals surface area contributed by atoms with Crippen molar-refractivity contribution in [2.24, 2.45) is 0 Å². The van der Waals surface area contributed by atoms with E-state index in [1.807, 2.05) is 0 Å². The number of piperidine rings is 1. The molecule has 1 amide bonds. The molecule has 1 N–H and O–H groups in total. The zero-order valence-electron chi connectivity index (χ0n) is 12.7. The van der Waals surface area contributed by atoms with E-state index in [1.54, 1.807) is 17.9 Å². The number of aromatic nitrogens is 1. The molecule has 2 rings (SSSR count). The van der Waals surface area contributed by atoms with E-state index in [4.69, 9.17) is 10.00 Å². The van der Waals surface area contributed by atoms with Gasteiger partial charge in [0.2, 0.25) is 5.69 Å². The summed E-state index contributed by atoms with van der Waals surface area (Å²) in [6, 6.07) is 4.56. The minimum atomic E-state index is -0.632. The molecule has 0 aliphatic carbocycles. The topological polar surface area (TPSA) is 121 Å². The summed E-state index contributed by atoms with van der Waals surface area (Å²) in [7, 11) is 0. The Morgan fingerprint density at radius 1 is 1.57 bits per heavy atom. The number of nitrogens with one attached hydrogen (secondary N) is 1. The third-order valence-corrected chi connectivity index (χ3v) is 3.55. The molecule has 1 aliphatic rings. The minimum Gasteiger partial charge on any atom is -0.450 e. The lowest BCUT2D eigenvalue weighted by molar-refractivity contribution is -0.385. The molecule has 0 unspecified atom stereocenters. The van der Waals surface area contributed by atoms with Crippen LogP contribution in [0.25, 0.3) is 0 Å². The number of nitro groups is 1. The molecule has 122 valence electrons. The Morgan fingerprint density at radius 3 is 2.83 bits per heavy atom. The maximum atomic E-state index is 11.6. The summed E-state index contributed by atoms with van der Waals surface area (Å²) >= 11 is 0. The van der Waals surface area contributed by atoms with Crippen molar-refractivity contribution >= 4 is 17.6 Å². The van der Waals surface area contributed by atoms with E-state index in [2.05, 4.69) is 10.3 Å². The SMILES string of the molecule is CCOC(=O)N1CCC(Nc2ccc([N+](=O)[O-])c(C#N)n2)CC1. The van der Waals surface area contributed by atoms with Crippen LogP contribution >= 0.6 is 0 Å². The Balaban J connectivity index is 1.95. The zero-order chi connectivity index (χ0) is 16.8. The minimum absolute atomic E-state index is 0.0844. The third-order valence-electron chi connectivity index (χ3n) is 3.55. The number of nitriles is 1. The fourth-order valence-corrected chi connectivity index (χ4v) is 2.39. The summed E-state index contributed by atoms with van der Waals surface area (Å²) in [5, 5.41) is 22.9. The van der Waals surface area contributed by atoms with Gasteiger partial charge in [0.05, 0.1) is 11.5 Å². The first-order chi connectivity index (χ1) is 11.0. The standard InChI is InChI=1S/C14H17N5O4/c1-2-23-14(20)18-7-5-10(6-8-18)16-13-4-3-12(19(21)22)11(9-15)17-13/h3-4,10H,2,5-8H2,1H3,(H,16,17). The second-order valence-electron chi connectivity index (χ2n) is 5.04. The van der Waals surface area contributed by atoms with E-state index in [9.17, 15) is 14.9 Å². The first kappa shape index (κ1) is 16.5. The van der Waals surface area contributed by atoms with Crippen LogP contribution in [0.4, 0.5) is 16.3 Å². The van der Waals surface area contributed by atoms with Gasteiger partial charge in [0.25, 0.3) is 0 Å². The highest BCUT2D eigenvalue weighted by Crippen LogP contribution is 2.21. The van der Waals surface area contributed by atoms with E-state index >= 15 is 0 Å². The summed E-state index contributed by atoms with van der Waals surface area (Å²) < 4.78 is 4.96. The van der Waals surface area contributed by atoms with Crippen molar-refractivity contribution in [2.45, 2.75) is 25.8 Å². The van der Waals surface area contributed by atoms with Crippen LogP contribution in [-0.4, -0.2) is 46.6 Å². The molecule has 0 bridgehead atoms. The van der Waals surface area contributed by atoms with Crippen LogP contribution in [0.3, 0.4) is 0 Å². The lowest BCUT2D eigenvalue weighted by atomic mass is 10.1. The molecule has 0 atom stereocenters. The summed E-state index contributed by atoms with van der Waals surface area (Å²) in [6.07, 6.45) is 1.10. The number of nitrogens with zero attached hydrogens (tertiary/aromatic N) is 4. The number of anilines is 1. The lowest BCUT2D eigenvalue weighted by Crippen LogP contribution is -2.42. The van der Waals surface area contributed by atoms with Crippen LogP contribution in [0.2, 0.25) is 0 Å². The molecular weight excluding hydrogens is 302 g/mol. The molecule has 0 spiro atoms. The maximum Gasteiger partial charge on any atom is 0.409 e. The fourth-order valence-electron chi connectivity index (χ4n) is 2.39. The largest absolute Gasteiger partial charge is 0.450 e. The van der Waals surface area contributed by atoms with Gasteiger partial charge in [0.15, 0.2) is 0 Å². The Bertz CT molecular complexity index is 635. The molecule has 1 aromatic heterocycles. The van der Waals surface area contributed by atoms with Gasteiger partial charge in [-0.3, -0.25) is 10.1 Å². The van der Waals surface area contributed by atoms with Crippen molar-refractivity contribution < 1.29 is 14.5 Å². The molecule has 1 aliphatic heterocycles. The molecule has 23 heavy (non-hydrogen) atoms. The number of amides is 1. The Hall–Kier alpha value is -2.89. The Labute approximate surface area is 133 Å². The summed E-state index contributed by atoms with van der Waals surface area (Å²) in [6.45, 7) is 3.24. The van der Waals surface area contributed by atoms with Gasteiger partial charge >= 0.3 is 11.8 Å². The van der Waals surface area contributed by atoms with Crippen LogP contribution in [-0.2, 0) is 4.74 Å². The molecule has 9 heteroatoms. The molecule has 1 saturated heterocycles. The van der Waals surface area contributed by atoms with Gasteiger partial charge in [-0.15, -0.1) is 0 Å². The first-order valence-corrected chi connectivity index (χ1v) is 7.29. The molecule has 9 nitrogen and oxygen atoms in total.